The van der Waals surface area contributed by atoms with Gasteiger partial charge in [0.15, 0.2) is 0 Å². The van der Waals surface area contributed by atoms with E-state index in [-0.39, 0.29) is 17.7 Å². The summed E-state index contributed by atoms with van der Waals surface area (Å²) >= 11 is 0. The molecule has 0 aromatic heterocycles. The maximum Gasteiger partial charge on any atom is 0.224 e. The van der Waals surface area contributed by atoms with Crippen molar-refractivity contribution >= 4 is 11.6 Å². The van der Waals surface area contributed by atoms with Crippen LogP contribution in [0, 0.1) is 11.8 Å². The maximum atomic E-state index is 12.9. The molecule has 1 aromatic rings. The molecule has 134 valence electrons. The predicted molar refractivity (Wildman–Crippen MR) is 107 cm³/mol. The summed E-state index contributed by atoms with van der Waals surface area (Å²) < 4.78 is 0. The van der Waals surface area contributed by atoms with Crippen molar-refractivity contribution in [3.05, 3.63) is 66.8 Å². The Kier molecular flexibility index (Phi) is 6.24. The summed E-state index contributed by atoms with van der Waals surface area (Å²) in [6.45, 7) is 7.98. The highest BCUT2D eigenvalue weighted by atomic mass is 16.2. The van der Waals surface area contributed by atoms with Crippen molar-refractivity contribution in [3.8, 4) is 0 Å². The van der Waals surface area contributed by atoms with E-state index < -0.39 is 5.54 Å². The van der Waals surface area contributed by atoms with Crippen molar-refractivity contribution in [2.45, 2.75) is 32.2 Å². The summed E-state index contributed by atoms with van der Waals surface area (Å²) in [6, 6.07) is 8.43. The summed E-state index contributed by atoms with van der Waals surface area (Å²) in [5.41, 5.74) is 1.74. The number of nitrogens with one attached hydrogen (secondary N) is 1. The standard InChI is InChI=1S/C22H30N2O/c1-6-10-18(7-2)21(25)23-22(16-9-8-11-17(22)3)19-12-14-20(15-13-19)24(4)5/h6,8-9,11-18H,1,7,10H2,2-5H3,(H,23,25). The summed E-state index contributed by atoms with van der Waals surface area (Å²) in [5, 5.41) is 3.34. The summed E-state index contributed by atoms with van der Waals surface area (Å²) in [7, 11) is 4.05. The molecule has 0 heterocycles. The molecule has 1 N–H and O–H groups in total. The third-order valence-electron chi connectivity index (χ3n) is 5.09. The van der Waals surface area contributed by atoms with Crippen LogP contribution in [0.15, 0.2) is 61.2 Å². The van der Waals surface area contributed by atoms with Gasteiger partial charge in [0.25, 0.3) is 0 Å². The monoisotopic (exact) mass is 338 g/mol. The van der Waals surface area contributed by atoms with E-state index >= 15 is 0 Å². The highest BCUT2D eigenvalue weighted by Crippen LogP contribution is 2.36. The van der Waals surface area contributed by atoms with Crippen LogP contribution in [0.2, 0.25) is 0 Å². The number of hydrogen-bond acceptors (Lipinski definition) is 2. The molecule has 1 amide bonds. The average Bonchev–Trinajstić information content (AvgIpc) is 2.61. The van der Waals surface area contributed by atoms with E-state index in [1.54, 1.807) is 0 Å². The topological polar surface area (TPSA) is 32.3 Å². The molecule has 1 aliphatic rings. The molecule has 0 fully saturated rings. The van der Waals surface area contributed by atoms with Crippen LogP contribution in [0.1, 0.15) is 32.3 Å². The number of rotatable bonds is 7. The molecule has 0 spiro atoms. The van der Waals surface area contributed by atoms with Crippen molar-refractivity contribution in [2.24, 2.45) is 11.8 Å². The zero-order chi connectivity index (χ0) is 18.4. The first-order valence-corrected chi connectivity index (χ1v) is 9.01. The van der Waals surface area contributed by atoms with Crippen LogP contribution >= 0.6 is 0 Å². The van der Waals surface area contributed by atoms with Gasteiger partial charge in [-0.15, -0.1) is 6.58 Å². The first-order chi connectivity index (χ1) is 11.9. The molecule has 3 atom stereocenters. The fourth-order valence-electron chi connectivity index (χ4n) is 3.33. The highest BCUT2D eigenvalue weighted by molar-refractivity contribution is 5.80. The summed E-state index contributed by atoms with van der Waals surface area (Å²) in [5.74, 6) is 0.223. The molecular weight excluding hydrogens is 308 g/mol. The Bertz CT molecular complexity index is 657. The molecule has 0 saturated heterocycles. The Labute approximate surface area is 152 Å². The molecular formula is C22H30N2O. The normalized spacial score (nSPS) is 23.1. The van der Waals surface area contributed by atoms with E-state index in [4.69, 9.17) is 0 Å². The maximum absolute atomic E-state index is 12.9. The molecule has 1 aromatic carbocycles. The molecule has 0 radical (unpaired) electrons. The fourth-order valence-corrected chi connectivity index (χ4v) is 3.33. The van der Waals surface area contributed by atoms with Gasteiger partial charge < -0.3 is 10.2 Å². The zero-order valence-corrected chi connectivity index (χ0v) is 15.8. The fraction of sp³-hybridized carbons (Fsp3) is 0.409. The van der Waals surface area contributed by atoms with Gasteiger partial charge in [-0.3, -0.25) is 4.79 Å². The number of allylic oxidation sites excluding steroid dienone is 3. The number of amides is 1. The van der Waals surface area contributed by atoms with Crippen molar-refractivity contribution < 1.29 is 4.79 Å². The SMILES string of the molecule is C=CCC(CC)C(=O)NC1(c2ccc(N(C)C)cc2)C=CC=CC1C. The molecule has 25 heavy (non-hydrogen) atoms. The lowest BCUT2D eigenvalue weighted by molar-refractivity contribution is -0.127. The smallest absolute Gasteiger partial charge is 0.224 e. The average molecular weight is 338 g/mol. The van der Waals surface area contributed by atoms with Gasteiger partial charge in [-0.1, -0.05) is 56.4 Å². The minimum atomic E-state index is -0.509. The van der Waals surface area contributed by atoms with Crippen molar-refractivity contribution in [2.75, 3.05) is 19.0 Å². The van der Waals surface area contributed by atoms with Crippen LogP contribution in [0.25, 0.3) is 0 Å². The number of benzene rings is 1. The molecule has 3 nitrogen and oxygen atoms in total. The van der Waals surface area contributed by atoms with E-state index in [2.05, 4.69) is 60.1 Å². The van der Waals surface area contributed by atoms with Gasteiger partial charge >= 0.3 is 0 Å². The summed E-state index contributed by atoms with van der Waals surface area (Å²) in [4.78, 5) is 15.0. The minimum Gasteiger partial charge on any atom is -0.378 e. The quantitative estimate of drug-likeness (QED) is 0.746. The first-order valence-electron chi connectivity index (χ1n) is 9.01. The lowest BCUT2D eigenvalue weighted by Gasteiger charge is -2.39. The molecule has 0 bridgehead atoms. The number of hydrogen-bond donors (Lipinski definition) is 1. The lowest BCUT2D eigenvalue weighted by atomic mass is 9.75. The van der Waals surface area contributed by atoms with Crippen LogP contribution in [0.5, 0.6) is 0 Å². The Morgan fingerprint density at radius 3 is 2.52 bits per heavy atom. The molecule has 3 heteroatoms. The van der Waals surface area contributed by atoms with E-state index in [0.717, 1.165) is 17.7 Å². The largest absolute Gasteiger partial charge is 0.378 e. The van der Waals surface area contributed by atoms with E-state index in [1.165, 1.54) is 0 Å². The molecule has 0 saturated carbocycles. The third kappa shape index (κ3) is 4.04. The van der Waals surface area contributed by atoms with Gasteiger partial charge in [0.2, 0.25) is 5.91 Å². The molecule has 2 rings (SSSR count). The van der Waals surface area contributed by atoms with Crippen LogP contribution in [0.4, 0.5) is 5.69 Å². The number of anilines is 1. The van der Waals surface area contributed by atoms with Gasteiger partial charge in [-0.05, 0) is 30.5 Å². The molecule has 3 unspecified atom stereocenters. The van der Waals surface area contributed by atoms with E-state index in [1.807, 2.05) is 39.2 Å². The lowest BCUT2D eigenvalue weighted by Crippen LogP contribution is -2.51. The molecule has 0 aliphatic heterocycles. The third-order valence-corrected chi connectivity index (χ3v) is 5.09. The van der Waals surface area contributed by atoms with Gasteiger partial charge in [0.05, 0.1) is 5.54 Å². The predicted octanol–water partition coefficient (Wildman–Crippen LogP) is 4.43. The number of carbonyl (C=O) groups excluding carboxylic acids is 1. The second kappa shape index (κ2) is 8.19. The van der Waals surface area contributed by atoms with E-state index in [0.29, 0.717) is 6.42 Å². The second-order valence-corrected chi connectivity index (χ2v) is 6.96. The van der Waals surface area contributed by atoms with E-state index in [9.17, 15) is 4.79 Å². The Morgan fingerprint density at radius 1 is 1.32 bits per heavy atom. The highest BCUT2D eigenvalue weighted by Gasteiger charge is 2.38. The van der Waals surface area contributed by atoms with Crippen LogP contribution in [0.3, 0.4) is 0 Å². The zero-order valence-electron chi connectivity index (χ0n) is 15.8. The van der Waals surface area contributed by atoms with Crippen LogP contribution < -0.4 is 10.2 Å². The number of carbonyl (C=O) groups is 1. The van der Waals surface area contributed by atoms with Crippen molar-refractivity contribution in [1.82, 2.24) is 5.32 Å². The minimum absolute atomic E-state index is 0.0399. The Hall–Kier alpha value is -2.29. The van der Waals surface area contributed by atoms with Crippen molar-refractivity contribution in [3.63, 3.8) is 0 Å². The Morgan fingerprint density at radius 2 is 2.00 bits per heavy atom. The van der Waals surface area contributed by atoms with Crippen LogP contribution in [-0.2, 0) is 10.3 Å². The van der Waals surface area contributed by atoms with Gasteiger partial charge in [-0.25, -0.2) is 0 Å². The van der Waals surface area contributed by atoms with Gasteiger partial charge in [0, 0.05) is 31.6 Å². The van der Waals surface area contributed by atoms with Gasteiger partial charge in [-0.2, -0.15) is 0 Å². The van der Waals surface area contributed by atoms with Gasteiger partial charge in [0.1, 0.15) is 0 Å². The first kappa shape index (κ1) is 19.0. The summed E-state index contributed by atoms with van der Waals surface area (Å²) in [6.07, 6.45) is 11.7. The molecule has 1 aliphatic carbocycles. The Balaban J connectivity index is 2.38. The number of nitrogens with zero attached hydrogens (tertiary/aromatic N) is 1. The second-order valence-electron chi connectivity index (χ2n) is 6.96. The van der Waals surface area contributed by atoms with Crippen molar-refractivity contribution in [1.29, 1.82) is 0 Å². The van der Waals surface area contributed by atoms with Crippen LogP contribution in [-0.4, -0.2) is 20.0 Å².